The molecule has 0 bridgehead atoms. The van der Waals surface area contributed by atoms with Gasteiger partial charge in [0.25, 0.3) is 5.91 Å². The first-order chi connectivity index (χ1) is 13.1. The zero-order valence-electron chi connectivity index (χ0n) is 15.1. The number of aromatic nitrogens is 2. The number of nitrogens with one attached hydrogen (secondary N) is 1. The number of hydrogen-bond donors (Lipinski definition) is 1. The predicted molar refractivity (Wildman–Crippen MR) is 104 cm³/mol. The molecule has 1 heterocycles. The molecule has 0 radical (unpaired) electrons. The Labute approximate surface area is 157 Å². The first kappa shape index (κ1) is 18.5. The first-order valence-electron chi connectivity index (χ1n) is 8.76. The number of carbonyl (C=O) groups excluding carboxylic acids is 1. The molecule has 0 fully saturated rings. The second-order valence-electron chi connectivity index (χ2n) is 6.14. The fraction of sp³-hybridized carbons (Fsp3) is 0.190. The third-order valence-corrected chi connectivity index (χ3v) is 4.17. The van der Waals surface area contributed by atoms with Gasteiger partial charge in [-0.25, -0.2) is 14.4 Å². The highest BCUT2D eigenvalue weighted by molar-refractivity contribution is 5.93. The lowest BCUT2D eigenvalue weighted by atomic mass is 10.2. The van der Waals surface area contributed by atoms with Gasteiger partial charge in [-0.15, -0.1) is 0 Å². The number of benzene rings is 2. The molecule has 0 spiro atoms. The highest BCUT2D eigenvalue weighted by Crippen LogP contribution is 2.17. The van der Waals surface area contributed by atoms with E-state index in [0.717, 1.165) is 5.56 Å². The summed E-state index contributed by atoms with van der Waals surface area (Å²) in [7, 11) is 1.83. The molecule has 0 aliphatic carbocycles. The van der Waals surface area contributed by atoms with Crippen molar-refractivity contribution in [3.63, 3.8) is 0 Å². The van der Waals surface area contributed by atoms with Crippen molar-refractivity contribution in [2.45, 2.75) is 6.42 Å². The number of para-hydroxylation sites is 1. The number of amides is 1. The summed E-state index contributed by atoms with van der Waals surface area (Å²) < 4.78 is 13.7. The monoisotopic (exact) mass is 364 g/mol. The van der Waals surface area contributed by atoms with Crippen molar-refractivity contribution in [1.29, 1.82) is 0 Å². The van der Waals surface area contributed by atoms with Crippen molar-refractivity contribution in [3.05, 3.63) is 78.4 Å². The largest absolute Gasteiger partial charge is 0.372 e. The van der Waals surface area contributed by atoms with Crippen LogP contribution in [0.4, 0.5) is 10.1 Å². The number of rotatable bonds is 7. The van der Waals surface area contributed by atoms with Crippen molar-refractivity contribution in [2.24, 2.45) is 0 Å². The van der Waals surface area contributed by atoms with Gasteiger partial charge in [0.1, 0.15) is 5.82 Å². The van der Waals surface area contributed by atoms with Crippen LogP contribution < -0.4 is 10.2 Å². The lowest BCUT2D eigenvalue weighted by molar-refractivity contribution is 0.0952. The molecule has 1 amide bonds. The van der Waals surface area contributed by atoms with Gasteiger partial charge < -0.3 is 10.2 Å². The summed E-state index contributed by atoms with van der Waals surface area (Å²) in [4.78, 5) is 22.5. The van der Waals surface area contributed by atoms with E-state index in [9.17, 15) is 9.18 Å². The van der Waals surface area contributed by atoms with Crippen LogP contribution in [-0.2, 0) is 0 Å². The SMILES string of the molecule is CN(CCCNC(=O)c1cnc(-c2ccccc2)nc1)c1ccccc1F. The predicted octanol–water partition coefficient (Wildman–Crippen LogP) is 3.54. The zero-order valence-corrected chi connectivity index (χ0v) is 15.1. The van der Waals surface area contributed by atoms with Gasteiger partial charge in [-0.1, -0.05) is 42.5 Å². The molecule has 1 N–H and O–H groups in total. The molecule has 3 aromatic rings. The molecule has 0 aliphatic rings. The molecule has 0 saturated heterocycles. The molecule has 0 unspecified atom stereocenters. The number of hydrogen-bond acceptors (Lipinski definition) is 4. The molecule has 2 aromatic carbocycles. The second kappa shape index (κ2) is 8.89. The van der Waals surface area contributed by atoms with E-state index in [1.54, 1.807) is 18.2 Å². The number of carbonyl (C=O) groups is 1. The van der Waals surface area contributed by atoms with Crippen LogP contribution in [0.5, 0.6) is 0 Å². The van der Waals surface area contributed by atoms with E-state index in [4.69, 9.17) is 0 Å². The fourth-order valence-corrected chi connectivity index (χ4v) is 2.68. The van der Waals surface area contributed by atoms with Crippen LogP contribution in [-0.4, -0.2) is 36.0 Å². The van der Waals surface area contributed by atoms with Crippen LogP contribution in [0.2, 0.25) is 0 Å². The third-order valence-electron chi connectivity index (χ3n) is 4.17. The van der Waals surface area contributed by atoms with Gasteiger partial charge in [0.2, 0.25) is 0 Å². The summed E-state index contributed by atoms with van der Waals surface area (Å²) in [6.07, 6.45) is 3.74. The minimum absolute atomic E-state index is 0.219. The van der Waals surface area contributed by atoms with Crippen LogP contribution in [0, 0.1) is 5.82 Å². The summed E-state index contributed by atoms with van der Waals surface area (Å²) in [5.41, 5.74) is 1.87. The summed E-state index contributed by atoms with van der Waals surface area (Å²) in [5.74, 6) is 0.113. The van der Waals surface area contributed by atoms with Crippen LogP contribution in [0.25, 0.3) is 11.4 Å². The fourth-order valence-electron chi connectivity index (χ4n) is 2.68. The third kappa shape index (κ3) is 4.88. The molecule has 1 aromatic heterocycles. The molecule has 0 atom stereocenters. The van der Waals surface area contributed by atoms with Crippen LogP contribution >= 0.6 is 0 Å². The van der Waals surface area contributed by atoms with Gasteiger partial charge in [-0.3, -0.25) is 4.79 Å². The minimum atomic E-state index is -0.250. The smallest absolute Gasteiger partial charge is 0.254 e. The van der Waals surface area contributed by atoms with E-state index >= 15 is 0 Å². The van der Waals surface area contributed by atoms with Gasteiger partial charge in [0, 0.05) is 38.1 Å². The Morgan fingerprint density at radius 1 is 1.04 bits per heavy atom. The van der Waals surface area contributed by atoms with Gasteiger partial charge in [0.05, 0.1) is 11.3 Å². The van der Waals surface area contributed by atoms with E-state index in [-0.39, 0.29) is 11.7 Å². The lowest BCUT2D eigenvalue weighted by Gasteiger charge is -2.19. The molecular weight excluding hydrogens is 343 g/mol. The average molecular weight is 364 g/mol. The molecular formula is C21H21FN4O. The summed E-state index contributed by atoms with van der Waals surface area (Å²) in [5, 5.41) is 2.84. The topological polar surface area (TPSA) is 58.1 Å². The Morgan fingerprint density at radius 2 is 1.70 bits per heavy atom. The maximum absolute atomic E-state index is 13.7. The zero-order chi connectivity index (χ0) is 19.1. The van der Waals surface area contributed by atoms with E-state index in [1.807, 2.05) is 42.3 Å². The Morgan fingerprint density at radius 3 is 2.41 bits per heavy atom. The van der Waals surface area contributed by atoms with Crippen molar-refractivity contribution < 1.29 is 9.18 Å². The maximum atomic E-state index is 13.7. The Kier molecular flexibility index (Phi) is 6.10. The summed E-state index contributed by atoms with van der Waals surface area (Å²) in [6, 6.07) is 16.2. The average Bonchev–Trinajstić information content (AvgIpc) is 2.72. The van der Waals surface area contributed by atoms with Crippen molar-refractivity contribution in [2.75, 3.05) is 25.0 Å². The quantitative estimate of drug-likeness (QED) is 0.652. The summed E-state index contributed by atoms with van der Waals surface area (Å²) in [6.45, 7) is 1.11. The molecule has 5 nitrogen and oxygen atoms in total. The molecule has 0 saturated carbocycles. The van der Waals surface area contributed by atoms with E-state index < -0.39 is 0 Å². The molecule has 6 heteroatoms. The highest BCUT2D eigenvalue weighted by atomic mass is 19.1. The van der Waals surface area contributed by atoms with Gasteiger partial charge >= 0.3 is 0 Å². The Hall–Kier alpha value is -3.28. The highest BCUT2D eigenvalue weighted by Gasteiger charge is 2.09. The number of nitrogens with zero attached hydrogens (tertiary/aromatic N) is 3. The number of anilines is 1. The van der Waals surface area contributed by atoms with Crippen molar-refractivity contribution >= 4 is 11.6 Å². The van der Waals surface area contributed by atoms with Crippen LogP contribution in [0.15, 0.2) is 67.0 Å². The van der Waals surface area contributed by atoms with Crippen LogP contribution in [0.1, 0.15) is 16.8 Å². The van der Waals surface area contributed by atoms with E-state index in [0.29, 0.717) is 36.6 Å². The van der Waals surface area contributed by atoms with Crippen molar-refractivity contribution in [1.82, 2.24) is 15.3 Å². The van der Waals surface area contributed by atoms with Crippen LogP contribution in [0.3, 0.4) is 0 Å². The molecule has 0 aliphatic heterocycles. The number of halogens is 1. The maximum Gasteiger partial charge on any atom is 0.254 e. The molecule has 138 valence electrons. The van der Waals surface area contributed by atoms with Gasteiger partial charge in [0.15, 0.2) is 5.82 Å². The second-order valence-corrected chi connectivity index (χ2v) is 6.14. The Balaban J connectivity index is 1.47. The minimum Gasteiger partial charge on any atom is -0.372 e. The molecule has 27 heavy (non-hydrogen) atoms. The lowest BCUT2D eigenvalue weighted by Crippen LogP contribution is -2.28. The van der Waals surface area contributed by atoms with Crippen molar-refractivity contribution in [3.8, 4) is 11.4 Å². The van der Waals surface area contributed by atoms with E-state index in [2.05, 4.69) is 15.3 Å². The van der Waals surface area contributed by atoms with E-state index in [1.165, 1.54) is 18.5 Å². The summed E-state index contributed by atoms with van der Waals surface area (Å²) >= 11 is 0. The first-order valence-corrected chi connectivity index (χ1v) is 8.76. The normalized spacial score (nSPS) is 10.4. The van der Waals surface area contributed by atoms with Gasteiger partial charge in [-0.2, -0.15) is 0 Å². The Bertz CT molecular complexity index is 884. The van der Waals surface area contributed by atoms with Gasteiger partial charge in [-0.05, 0) is 18.6 Å². The molecule has 3 rings (SSSR count). The standard InChI is InChI=1S/C21H21FN4O/c1-26(19-11-6-5-10-18(19)22)13-7-12-23-21(27)17-14-24-20(25-15-17)16-8-3-2-4-9-16/h2-6,8-11,14-15H,7,12-13H2,1H3,(H,23,27).